The highest BCUT2D eigenvalue weighted by Gasteiger charge is 1.97. The summed E-state index contributed by atoms with van der Waals surface area (Å²) in [4.78, 5) is 11.0. The number of hydrogen-bond donors (Lipinski definition) is 1. The van der Waals surface area contributed by atoms with Gasteiger partial charge in [-0.2, -0.15) is 0 Å². The van der Waals surface area contributed by atoms with E-state index in [9.17, 15) is 4.79 Å². The molecule has 0 amide bonds. The molecule has 0 saturated carbocycles. The molecule has 1 rings (SSSR count). The van der Waals surface area contributed by atoms with Crippen molar-refractivity contribution in [2.24, 2.45) is 0 Å². The molecule has 1 N–H and O–H groups in total. The molecule has 1 aromatic carbocycles. The normalized spacial score (nSPS) is 9.69. The molecule has 0 spiro atoms. The van der Waals surface area contributed by atoms with Gasteiger partial charge in [0.2, 0.25) is 0 Å². The van der Waals surface area contributed by atoms with Gasteiger partial charge in [-0.05, 0) is 12.5 Å². The number of benzene rings is 1. The Bertz CT molecular complexity index is 281. The summed E-state index contributed by atoms with van der Waals surface area (Å²) in [5, 5.41) is 0. The van der Waals surface area contributed by atoms with Crippen molar-refractivity contribution in [2.45, 2.75) is 19.3 Å². The quantitative estimate of drug-likeness (QED) is 0.577. The van der Waals surface area contributed by atoms with Crippen LogP contribution >= 0.6 is 0 Å². The second-order valence-corrected chi connectivity index (χ2v) is 3.91. The monoisotopic (exact) mass is 190 g/mol. The van der Waals surface area contributed by atoms with Gasteiger partial charge in [-0.25, -0.2) is 0 Å². The highest BCUT2D eigenvalue weighted by atomic mass is 27.1. The number of carbonyl (C=O) groups is 1. The molecule has 2 nitrogen and oxygen atoms in total. The Balaban J connectivity index is 2.64. The van der Waals surface area contributed by atoms with Crippen LogP contribution in [0.25, 0.3) is 0 Å². The summed E-state index contributed by atoms with van der Waals surface area (Å²) in [6.07, 6.45) is 0. The maximum atomic E-state index is 11.0. The molecule has 0 bridgehead atoms. The van der Waals surface area contributed by atoms with Gasteiger partial charge in [0.05, 0.1) is 0 Å². The van der Waals surface area contributed by atoms with Crippen molar-refractivity contribution in [3.8, 4) is 0 Å². The number of nitrogens with one attached hydrogen (secondary N) is 1. The van der Waals surface area contributed by atoms with E-state index in [1.165, 1.54) is 5.56 Å². The lowest BCUT2D eigenvalue weighted by Gasteiger charge is -2.02. The first kappa shape index (κ1) is 10.5. The second kappa shape index (κ2) is 5.19. The fourth-order valence-corrected chi connectivity index (χ4v) is 1.52. The molecule has 0 aliphatic carbocycles. The minimum Gasteiger partial charge on any atom is -0.402 e. The van der Waals surface area contributed by atoms with Gasteiger partial charge in [0.1, 0.15) is 0 Å². The minimum atomic E-state index is 0.126. The summed E-state index contributed by atoms with van der Waals surface area (Å²) in [6.45, 7) is 2.49. The molecular weight excluding hydrogens is 177 g/mol. The van der Waals surface area contributed by atoms with E-state index >= 15 is 0 Å². The number of hydrogen-bond acceptors (Lipinski definition) is 2. The molecule has 0 aliphatic rings. The van der Waals surface area contributed by atoms with Gasteiger partial charge < -0.3 is 4.30 Å². The summed E-state index contributed by atoms with van der Waals surface area (Å²) in [6, 6.07) is 7.76. The molecule has 13 heavy (non-hydrogen) atoms. The van der Waals surface area contributed by atoms with Gasteiger partial charge >= 0.3 is 15.4 Å². The van der Waals surface area contributed by atoms with Crippen molar-refractivity contribution < 1.29 is 4.79 Å². The van der Waals surface area contributed by atoms with Crippen LogP contribution in [0.1, 0.15) is 22.8 Å². The van der Waals surface area contributed by atoms with Gasteiger partial charge in [-0.15, -0.1) is 0 Å². The zero-order valence-corrected chi connectivity index (χ0v) is 9.16. The van der Waals surface area contributed by atoms with Crippen LogP contribution in [0.15, 0.2) is 24.3 Å². The van der Waals surface area contributed by atoms with Gasteiger partial charge in [0, 0.05) is 12.1 Å². The van der Waals surface area contributed by atoms with E-state index < -0.39 is 0 Å². The Morgan fingerprint density at radius 1 is 1.38 bits per heavy atom. The lowest BCUT2D eigenvalue weighted by molar-refractivity contribution is 0.101. The van der Waals surface area contributed by atoms with Crippen LogP contribution in [0.5, 0.6) is 0 Å². The van der Waals surface area contributed by atoms with Crippen LogP contribution in [-0.4, -0.2) is 21.2 Å². The van der Waals surface area contributed by atoms with Gasteiger partial charge in [-0.3, -0.25) is 4.79 Å². The molecule has 0 aromatic heterocycles. The zero-order valence-electron chi connectivity index (χ0n) is 8.00. The Kier molecular flexibility index (Phi) is 4.17. The van der Waals surface area contributed by atoms with E-state index in [2.05, 4.69) is 10.1 Å². The Hall–Kier alpha value is -0.618. The summed E-state index contributed by atoms with van der Waals surface area (Å²) in [5.74, 6) is 2.28. The van der Waals surface area contributed by atoms with Gasteiger partial charge in [0.15, 0.2) is 5.78 Å². The Morgan fingerprint density at radius 2 is 2.00 bits per heavy atom. The Morgan fingerprint density at radius 3 is 2.46 bits per heavy atom. The van der Waals surface area contributed by atoms with Gasteiger partial charge in [-0.1, -0.05) is 30.1 Å². The van der Waals surface area contributed by atoms with Crippen LogP contribution in [0.2, 0.25) is 5.79 Å². The second-order valence-electron chi connectivity index (χ2n) is 2.92. The maximum absolute atomic E-state index is 11.0. The number of carbonyl (C=O) groups excluding carboxylic acids is 1. The van der Waals surface area contributed by atoms with Crippen molar-refractivity contribution in [3.63, 3.8) is 0 Å². The number of ketones is 1. The summed E-state index contributed by atoms with van der Waals surface area (Å²) in [7, 11) is 0. The average molecular weight is 190 g/mol. The molecular formula is C10H13AlNO. The lowest BCUT2D eigenvalue weighted by Crippen LogP contribution is -2.14. The molecule has 67 valence electrons. The highest BCUT2D eigenvalue weighted by molar-refractivity contribution is 6.29. The lowest BCUT2D eigenvalue weighted by atomic mass is 10.1. The van der Waals surface area contributed by atoms with Crippen LogP contribution in [0.4, 0.5) is 0 Å². The largest absolute Gasteiger partial charge is 0.402 e. The SMILES string of the molecule is [CH3][Al][NH]Cc1ccc(C(C)=O)cc1. The molecule has 1 aromatic rings. The van der Waals surface area contributed by atoms with E-state index in [-0.39, 0.29) is 5.78 Å². The molecule has 0 saturated heterocycles. The smallest absolute Gasteiger partial charge is 0.316 e. The maximum Gasteiger partial charge on any atom is 0.316 e. The van der Waals surface area contributed by atoms with E-state index in [0.717, 1.165) is 12.1 Å². The van der Waals surface area contributed by atoms with Gasteiger partial charge in [0.25, 0.3) is 0 Å². The average Bonchev–Trinajstić information content (AvgIpc) is 2.15. The minimum absolute atomic E-state index is 0.126. The third kappa shape index (κ3) is 3.32. The highest BCUT2D eigenvalue weighted by Crippen LogP contribution is 2.04. The first-order valence-electron chi connectivity index (χ1n) is 4.35. The van der Waals surface area contributed by atoms with Crippen molar-refractivity contribution in [1.82, 2.24) is 4.30 Å². The van der Waals surface area contributed by atoms with E-state index in [0.29, 0.717) is 15.4 Å². The molecule has 0 unspecified atom stereocenters. The third-order valence-corrected chi connectivity index (χ3v) is 2.48. The van der Waals surface area contributed by atoms with E-state index in [1.54, 1.807) is 6.92 Å². The Labute approximate surface area is 85.3 Å². The van der Waals surface area contributed by atoms with Crippen molar-refractivity contribution >= 4 is 21.2 Å². The van der Waals surface area contributed by atoms with Crippen LogP contribution < -0.4 is 4.30 Å². The van der Waals surface area contributed by atoms with Crippen LogP contribution in [-0.2, 0) is 6.54 Å². The molecule has 3 heteroatoms. The predicted molar refractivity (Wildman–Crippen MR) is 54.9 cm³/mol. The van der Waals surface area contributed by atoms with Crippen molar-refractivity contribution in [2.75, 3.05) is 0 Å². The van der Waals surface area contributed by atoms with Crippen molar-refractivity contribution in [3.05, 3.63) is 35.4 Å². The first-order valence-corrected chi connectivity index (χ1v) is 6.08. The molecule has 0 heterocycles. The number of Topliss-reactive ketones (excluding diaryl/α,β-unsaturated/α-hetero) is 1. The van der Waals surface area contributed by atoms with E-state index in [1.807, 2.05) is 24.3 Å². The fourth-order valence-electron chi connectivity index (χ4n) is 1.08. The first-order chi connectivity index (χ1) is 6.24. The standard InChI is InChI=1S/C9H10NO.CH3.Al/c1-7(11)9-4-2-8(6-10)3-5-9;;/h2-5,10H,6H2,1H3;1H3;/q-1;;+1. The summed E-state index contributed by atoms with van der Waals surface area (Å²) < 4.78 is 3.31. The third-order valence-electron chi connectivity index (χ3n) is 1.87. The van der Waals surface area contributed by atoms with Crippen LogP contribution in [0.3, 0.4) is 0 Å². The summed E-state index contributed by atoms with van der Waals surface area (Å²) in [5.41, 5.74) is 2.02. The molecule has 0 fully saturated rings. The topological polar surface area (TPSA) is 29.1 Å². The molecule has 0 atom stereocenters. The summed E-state index contributed by atoms with van der Waals surface area (Å²) >= 11 is 0.343. The van der Waals surface area contributed by atoms with Crippen LogP contribution in [0, 0.1) is 0 Å². The predicted octanol–water partition coefficient (Wildman–Crippen LogP) is 1.65. The zero-order chi connectivity index (χ0) is 9.68. The fraction of sp³-hybridized carbons (Fsp3) is 0.300. The van der Waals surface area contributed by atoms with E-state index in [4.69, 9.17) is 0 Å². The molecule has 1 radical (unpaired) electrons. The molecule has 0 aliphatic heterocycles. The number of rotatable bonds is 4. The van der Waals surface area contributed by atoms with Crippen molar-refractivity contribution in [1.29, 1.82) is 0 Å².